The van der Waals surface area contributed by atoms with Gasteiger partial charge in [-0.05, 0) is 24.5 Å². The molecule has 148 valence electrons. The zero-order valence-electron chi connectivity index (χ0n) is 14.6. The molecule has 10 heteroatoms. The molecular weight excluding hydrogens is 383 g/mol. The second-order valence-electron chi connectivity index (χ2n) is 6.67. The third-order valence-electron chi connectivity index (χ3n) is 4.46. The van der Waals surface area contributed by atoms with E-state index in [-0.39, 0.29) is 18.3 Å². The Bertz CT molecular complexity index is 798. The van der Waals surface area contributed by atoms with Gasteiger partial charge >= 0.3 is 6.18 Å². The Morgan fingerprint density at radius 1 is 1.30 bits per heavy atom. The summed E-state index contributed by atoms with van der Waals surface area (Å²) in [5.74, 6) is -1.02. The lowest BCUT2D eigenvalue weighted by molar-refractivity contribution is -0.163. The van der Waals surface area contributed by atoms with Gasteiger partial charge in [-0.3, -0.25) is 14.8 Å². The average molecular weight is 404 g/mol. The number of benzene rings is 1. The zero-order valence-corrected chi connectivity index (χ0v) is 15.4. The summed E-state index contributed by atoms with van der Waals surface area (Å²) in [6.07, 6.45) is -0.966. The standard InChI is InChI=1S/C17H20F3N5O.ClH/c1-10-7-11(24-16(26)15(21)17(18,19)20)9-25(8-10)13-4-2-3-12-14(13)23-6-5-22-12;/h2-6,10-11,15H,7-9,21H2,1H3,(H,24,26);1H/t10-,11+,15-;/m0./s1. The number of rotatable bonds is 3. The lowest BCUT2D eigenvalue weighted by Gasteiger charge is -2.38. The molecule has 0 saturated carbocycles. The zero-order chi connectivity index (χ0) is 18.9. The highest BCUT2D eigenvalue weighted by Crippen LogP contribution is 2.28. The van der Waals surface area contributed by atoms with E-state index in [0.717, 1.165) is 16.7 Å². The topological polar surface area (TPSA) is 84.1 Å². The highest BCUT2D eigenvalue weighted by Gasteiger charge is 2.43. The predicted molar refractivity (Wildman–Crippen MR) is 98.7 cm³/mol. The first kappa shape index (κ1) is 21.2. The van der Waals surface area contributed by atoms with E-state index in [1.54, 1.807) is 12.4 Å². The number of nitrogens with one attached hydrogen (secondary N) is 1. The fraction of sp³-hybridized carbons (Fsp3) is 0.471. The molecule has 27 heavy (non-hydrogen) atoms. The van der Waals surface area contributed by atoms with Gasteiger partial charge < -0.3 is 16.0 Å². The first-order chi connectivity index (χ1) is 12.3. The minimum atomic E-state index is -4.75. The maximum atomic E-state index is 12.6. The van der Waals surface area contributed by atoms with Gasteiger partial charge in [0, 0.05) is 31.5 Å². The first-order valence-electron chi connectivity index (χ1n) is 8.33. The van der Waals surface area contributed by atoms with E-state index in [2.05, 4.69) is 15.3 Å². The normalized spacial score (nSPS) is 21.4. The summed E-state index contributed by atoms with van der Waals surface area (Å²) < 4.78 is 37.9. The molecular formula is C17H21ClF3N5O. The monoisotopic (exact) mass is 403 g/mol. The number of carbonyl (C=O) groups is 1. The van der Waals surface area contributed by atoms with Crippen molar-refractivity contribution in [2.75, 3.05) is 18.0 Å². The lowest BCUT2D eigenvalue weighted by Crippen LogP contribution is -2.57. The molecule has 3 rings (SSSR count). The number of carbonyl (C=O) groups excluding carboxylic acids is 1. The minimum Gasteiger partial charge on any atom is -0.367 e. The summed E-state index contributed by atoms with van der Waals surface area (Å²) in [6.45, 7) is 3.09. The van der Waals surface area contributed by atoms with Gasteiger partial charge in [-0.25, -0.2) is 0 Å². The van der Waals surface area contributed by atoms with Crippen LogP contribution in [0.1, 0.15) is 13.3 Å². The van der Waals surface area contributed by atoms with Crippen molar-refractivity contribution in [3.63, 3.8) is 0 Å². The molecule has 6 nitrogen and oxygen atoms in total. The molecule has 3 atom stereocenters. The number of anilines is 1. The van der Waals surface area contributed by atoms with Crippen LogP contribution in [0.4, 0.5) is 18.9 Å². The van der Waals surface area contributed by atoms with Gasteiger partial charge in [-0.1, -0.05) is 13.0 Å². The van der Waals surface area contributed by atoms with E-state index < -0.39 is 24.2 Å². The van der Waals surface area contributed by atoms with Gasteiger partial charge in [0.1, 0.15) is 5.52 Å². The molecule has 1 aliphatic rings. The molecule has 1 fully saturated rings. The Morgan fingerprint density at radius 3 is 2.70 bits per heavy atom. The van der Waals surface area contributed by atoms with E-state index in [1.807, 2.05) is 30.0 Å². The second kappa shape index (κ2) is 8.26. The maximum Gasteiger partial charge on any atom is 0.412 e. The maximum absolute atomic E-state index is 12.6. The van der Waals surface area contributed by atoms with Crippen LogP contribution in [-0.2, 0) is 4.79 Å². The molecule has 3 N–H and O–H groups in total. The number of hydrogen-bond donors (Lipinski definition) is 2. The number of nitrogens with two attached hydrogens (primary N) is 1. The highest BCUT2D eigenvalue weighted by molar-refractivity contribution is 5.88. The Labute approximate surface area is 160 Å². The van der Waals surface area contributed by atoms with Crippen LogP contribution in [-0.4, -0.2) is 47.2 Å². The fourth-order valence-electron chi connectivity index (χ4n) is 3.33. The van der Waals surface area contributed by atoms with E-state index in [0.29, 0.717) is 19.5 Å². The number of fused-ring (bicyclic) bond motifs is 1. The van der Waals surface area contributed by atoms with Crippen molar-refractivity contribution in [2.24, 2.45) is 11.7 Å². The number of amides is 1. The minimum absolute atomic E-state index is 0. The number of alkyl halides is 3. The van der Waals surface area contributed by atoms with Crippen LogP contribution in [0.5, 0.6) is 0 Å². The molecule has 1 amide bonds. The first-order valence-corrected chi connectivity index (χ1v) is 8.33. The molecule has 0 unspecified atom stereocenters. The van der Waals surface area contributed by atoms with E-state index in [4.69, 9.17) is 5.73 Å². The molecule has 0 aliphatic carbocycles. The summed E-state index contributed by atoms with van der Waals surface area (Å²) in [7, 11) is 0. The van der Waals surface area contributed by atoms with Crippen molar-refractivity contribution in [2.45, 2.75) is 31.6 Å². The Balaban J connectivity index is 0.00000261. The average Bonchev–Trinajstić information content (AvgIpc) is 2.59. The van der Waals surface area contributed by atoms with Gasteiger partial charge in [0.15, 0.2) is 6.04 Å². The van der Waals surface area contributed by atoms with Crippen LogP contribution in [0.25, 0.3) is 11.0 Å². The fourth-order valence-corrected chi connectivity index (χ4v) is 3.33. The van der Waals surface area contributed by atoms with Gasteiger partial charge in [-0.15, -0.1) is 12.4 Å². The smallest absolute Gasteiger partial charge is 0.367 e. The Hall–Kier alpha value is -2.13. The summed E-state index contributed by atoms with van der Waals surface area (Å²) >= 11 is 0. The quantitative estimate of drug-likeness (QED) is 0.821. The van der Waals surface area contributed by atoms with Crippen LogP contribution < -0.4 is 16.0 Å². The van der Waals surface area contributed by atoms with Crippen molar-refractivity contribution in [1.29, 1.82) is 0 Å². The molecule has 1 saturated heterocycles. The molecule has 2 heterocycles. The Kier molecular flexibility index (Phi) is 6.48. The molecule has 0 radical (unpaired) electrons. The number of nitrogens with zero attached hydrogens (tertiary/aromatic N) is 3. The lowest BCUT2D eigenvalue weighted by atomic mass is 9.95. The summed E-state index contributed by atoms with van der Waals surface area (Å²) in [6, 6.07) is 2.66. The SMILES string of the molecule is C[C@H]1C[C@@H](NC(=O)[C@H](N)C(F)(F)F)CN(c2cccc3nccnc23)C1.Cl. The van der Waals surface area contributed by atoms with Gasteiger partial charge in [0.05, 0.1) is 11.2 Å². The van der Waals surface area contributed by atoms with Gasteiger partial charge in [0.25, 0.3) is 0 Å². The number of aromatic nitrogens is 2. The van der Waals surface area contributed by atoms with Crippen LogP contribution in [0, 0.1) is 5.92 Å². The highest BCUT2D eigenvalue weighted by atomic mass is 35.5. The van der Waals surface area contributed by atoms with E-state index in [1.165, 1.54) is 0 Å². The molecule has 0 bridgehead atoms. The number of halogens is 4. The van der Waals surface area contributed by atoms with Crippen molar-refractivity contribution in [3.8, 4) is 0 Å². The van der Waals surface area contributed by atoms with Crippen LogP contribution in [0.15, 0.2) is 30.6 Å². The van der Waals surface area contributed by atoms with Crippen molar-refractivity contribution in [1.82, 2.24) is 15.3 Å². The summed E-state index contributed by atoms with van der Waals surface area (Å²) in [5.41, 5.74) is 7.31. The summed E-state index contributed by atoms with van der Waals surface area (Å²) in [5, 5.41) is 2.44. The molecule has 1 aliphatic heterocycles. The van der Waals surface area contributed by atoms with Crippen LogP contribution in [0.3, 0.4) is 0 Å². The van der Waals surface area contributed by atoms with Crippen molar-refractivity contribution in [3.05, 3.63) is 30.6 Å². The van der Waals surface area contributed by atoms with Crippen molar-refractivity contribution >= 4 is 35.0 Å². The number of para-hydroxylation sites is 1. The molecule has 2 aromatic rings. The summed E-state index contributed by atoms with van der Waals surface area (Å²) in [4.78, 5) is 22.5. The molecule has 1 aromatic carbocycles. The predicted octanol–water partition coefficient (Wildman–Crippen LogP) is 2.27. The number of hydrogen-bond acceptors (Lipinski definition) is 5. The third kappa shape index (κ3) is 4.78. The van der Waals surface area contributed by atoms with Gasteiger partial charge in [-0.2, -0.15) is 13.2 Å². The second-order valence-corrected chi connectivity index (χ2v) is 6.67. The van der Waals surface area contributed by atoms with Gasteiger partial charge in [0.2, 0.25) is 5.91 Å². The van der Waals surface area contributed by atoms with Crippen molar-refractivity contribution < 1.29 is 18.0 Å². The van der Waals surface area contributed by atoms with E-state index >= 15 is 0 Å². The molecule has 1 aromatic heterocycles. The Morgan fingerprint density at radius 2 is 2.00 bits per heavy atom. The third-order valence-corrected chi connectivity index (χ3v) is 4.46. The van der Waals surface area contributed by atoms with Crippen LogP contribution in [0.2, 0.25) is 0 Å². The van der Waals surface area contributed by atoms with E-state index in [9.17, 15) is 18.0 Å². The molecule has 0 spiro atoms. The number of piperidine rings is 1. The van der Waals surface area contributed by atoms with Crippen LogP contribution >= 0.6 is 12.4 Å². The largest absolute Gasteiger partial charge is 0.412 e.